The first-order valence-corrected chi connectivity index (χ1v) is 5.97. The molecule has 1 amide bonds. The average molecular weight is 249 g/mol. The fraction of sp³-hybridized carbons (Fsp3) is 0.333. The van der Waals surface area contributed by atoms with Crippen LogP contribution in [0.1, 0.15) is 16.1 Å². The number of methoxy groups -OCH3 is 1. The van der Waals surface area contributed by atoms with Gasteiger partial charge in [0, 0.05) is 24.3 Å². The molecule has 1 aliphatic heterocycles. The summed E-state index contributed by atoms with van der Waals surface area (Å²) in [5, 5.41) is 1.77. The lowest BCUT2D eigenvalue weighted by Crippen LogP contribution is -2.23. The molecule has 5 heteroatoms. The van der Waals surface area contributed by atoms with Gasteiger partial charge >= 0.3 is 5.97 Å². The molecule has 1 aromatic rings. The minimum absolute atomic E-state index is 0.00201. The van der Waals surface area contributed by atoms with Gasteiger partial charge in [0.05, 0.1) is 12.8 Å². The maximum Gasteiger partial charge on any atom is 0.348 e. The van der Waals surface area contributed by atoms with Crippen molar-refractivity contribution in [2.75, 3.05) is 18.6 Å². The Morgan fingerprint density at radius 3 is 3.06 bits per heavy atom. The van der Waals surface area contributed by atoms with Crippen molar-refractivity contribution >= 4 is 28.9 Å². The average Bonchev–Trinajstić information content (AvgIpc) is 2.94. The van der Waals surface area contributed by atoms with E-state index in [4.69, 9.17) is 6.42 Å². The number of amides is 1. The van der Waals surface area contributed by atoms with Crippen LogP contribution in [0.15, 0.2) is 11.4 Å². The van der Waals surface area contributed by atoms with Crippen molar-refractivity contribution in [3.63, 3.8) is 0 Å². The standard InChI is InChI=1S/C12H11NO3S/c1-3-8-4-11(14)13(6-8)9-5-10(17-7-9)12(15)16-2/h1,5,7-8H,4,6H2,2H3. The quantitative estimate of drug-likeness (QED) is 0.589. The molecule has 1 aliphatic rings. The summed E-state index contributed by atoms with van der Waals surface area (Å²) in [6, 6.07) is 1.66. The first kappa shape index (κ1) is 11.7. The van der Waals surface area contributed by atoms with Crippen molar-refractivity contribution in [3.8, 4) is 12.3 Å². The zero-order valence-electron chi connectivity index (χ0n) is 9.30. The highest BCUT2D eigenvalue weighted by molar-refractivity contribution is 7.12. The second kappa shape index (κ2) is 4.60. The van der Waals surface area contributed by atoms with Crippen LogP contribution in [0.3, 0.4) is 0 Å². The van der Waals surface area contributed by atoms with E-state index in [0.717, 1.165) is 5.69 Å². The highest BCUT2D eigenvalue weighted by Crippen LogP contribution is 2.29. The molecule has 0 bridgehead atoms. The summed E-state index contributed by atoms with van der Waals surface area (Å²) in [6.45, 7) is 0.521. The van der Waals surface area contributed by atoms with Gasteiger partial charge in [-0.05, 0) is 6.07 Å². The number of hydrogen-bond acceptors (Lipinski definition) is 4. The van der Waals surface area contributed by atoms with Crippen molar-refractivity contribution < 1.29 is 14.3 Å². The van der Waals surface area contributed by atoms with E-state index in [0.29, 0.717) is 17.8 Å². The second-order valence-electron chi connectivity index (χ2n) is 3.73. The molecule has 0 N–H and O–H groups in total. The van der Waals surface area contributed by atoms with Gasteiger partial charge in [-0.25, -0.2) is 4.79 Å². The van der Waals surface area contributed by atoms with Gasteiger partial charge in [0.25, 0.3) is 0 Å². The van der Waals surface area contributed by atoms with Crippen LogP contribution in [0.4, 0.5) is 5.69 Å². The fourth-order valence-electron chi connectivity index (χ4n) is 1.74. The number of carbonyl (C=O) groups excluding carboxylic acids is 2. The second-order valence-corrected chi connectivity index (χ2v) is 4.64. The number of hydrogen-bond donors (Lipinski definition) is 0. The number of thiophene rings is 1. The molecule has 1 atom stereocenters. The summed E-state index contributed by atoms with van der Waals surface area (Å²) in [7, 11) is 1.33. The minimum Gasteiger partial charge on any atom is -0.465 e. The Bertz CT molecular complexity index is 500. The van der Waals surface area contributed by atoms with Gasteiger partial charge in [-0.2, -0.15) is 0 Å². The normalized spacial score (nSPS) is 19.2. The van der Waals surface area contributed by atoms with Crippen molar-refractivity contribution in [1.29, 1.82) is 0 Å². The Kier molecular flexibility index (Phi) is 3.16. The molecule has 0 spiro atoms. The minimum atomic E-state index is -0.388. The molecule has 1 aromatic heterocycles. The molecule has 1 fully saturated rings. The van der Waals surface area contributed by atoms with Crippen molar-refractivity contribution in [1.82, 2.24) is 0 Å². The van der Waals surface area contributed by atoms with Crippen molar-refractivity contribution in [2.45, 2.75) is 6.42 Å². The maximum absolute atomic E-state index is 11.7. The fourth-order valence-corrected chi connectivity index (χ4v) is 2.56. The van der Waals surface area contributed by atoms with Crippen LogP contribution in [0.2, 0.25) is 0 Å². The summed E-state index contributed by atoms with van der Waals surface area (Å²) >= 11 is 1.26. The molecule has 88 valence electrons. The number of carbonyl (C=O) groups is 2. The van der Waals surface area contributed by atoms with Gasteiger partial charge in [0.1, 0.15) is 4.88 Å². The molecule has 1 saturated heterocycles. The summed E-state index contributed by atoms with van der Waals surface area (Å²) in [5.41, 5.74) is 0.721. The largest absolute Gasteiger partial charge is 0.465 e. The molecule has 2 heterocycles. The number of ether oxygens (including phenoxy) is 1. The van der Waals surface area contributed by atoms with Crippen LogP contribution in [-0.2, 0) is 9.53 Å². The van der Waals surface area contributed by atoms with Crippen LogP contribution in [0, 0.1) is 18.3 Å². The first-order chi connectivity index (χ1) is 8.15. The van der Waals surface area contributed by atoms with Crippen LogP contribution in [0.5, 0.6) is 0 Å². The molecule has 0 aliphatic carbocycles. The maximum atomic E-state index is 11.7. The van der Waals surface area contributed by atoms with E-state index in [1.165, 1.54) is 18.4 Å². The summed E-state index contributed by atoms with van der Waals surface area (Å²) < 4.78 is 4.62. The van der Waals surface area contributed by atoms with Crippen molar-refractivity contribution in [2.24, 2.45) is 5.92 Å². The molecule has 2 rings (SSSR count). The van der Waals surface area contributed by atoms with E-state index in [-0.39, 0.29) is 17.8 Å². The van der Waals surface area contributed by atoms with Gasteiger partial charge in [0.2, 0.25) is 5.91 Å². The molecular formula is C12H11NO3S. The van der Waals surface area contributed by atoms with Crippen LogP contribution < -0.4 is 4.90 Å². The highest BCUT2D eigenvalue weighted by atomic mass is 32.1. The molecule has 0 saturated carbocycles. The van der Waals surface area contributed by atoms with E-state index in [2.05, 4.69) is 10.7 Å². The third-order valence-electron chi connectivity index (χ3n) is 2.64. The molecular weight excluding hydrogens is 238 g/mol. The van der Waals surface area contributed by atoms with Gasteiger partial charge in [0.15, 0.2) is 0 Å². The van der Waals surface area contributed by atoms with Crippen molar-refractivity contribution in [3.05, 3.63) is 16.3 Å². The Morgan fingerprint density at radius 2 is 2.47 bits per heavy atom. The zero-order valence-corrected chi connectivity index (χ0v) is 10.1. The molecule has 1 unspecified atom stereocenters. The SMILES string of the molecule is C#CC1CC(=O)N(c2csc(C(=O)OC)c2)C1. The molecule has 0 radical (unpaired) electrons. The third-order valence-corrected chi connectivity index (χ3v) is 3.54. The Balaban J connectivity index is 2.19. The predicted molar refractivity (Wildman–Crippen MR) is 65.0 cm³/mol. The number of nitrogens with zero attached hydrogens (tertiary/aromatic N) is 1. The van der Waals surface area contributed by atoms with Crippen LogP contribution in [-0.4, -0.2) is 25.5 Å². The van der Waals surface area contributed by atoms with E-state index in [1.54, 1.807) is 16.3 Å². The molecule has 17 heavy (non-hydrogen) atoms. The van der Waals surface area contributed by atoms with E-state index in [9.17, 15) is 9.59 Å². The number of terminal acetylenes is 1. The van der Waals surface area contributed by atoms with Gasteiger partial charge < -0.3 is 9.64 Å². The van der Waals surface area contributed by atoms with E-state index >= 15 is 0 Å². The van der Waals surface area contributed by atoms with Crippen LogP contribution >= 0.6 is 11.3 Å². The zero-order chi connectivity index (χ0) is 12.4. The topological polar surface area (TPSA) is 46.6 Å². The predicted octanol–water partition coefficient (Wildman–Crippen LogP) is 1.52. The monoisotopic (exact) mass is 249 g/mol. The van der Waals surface area contributed by atoms with Gasteiger partial charge in [-0.1, -0.05) is 0 Å². The molecule has 0 aromatic carbocycles. The highest BCUT2D eigenvalue weighted by Gasteiger charge is 2.30. The lowest BCUT2D eigenvalue weighted by atomic mass is 10.1. The Labute approximate surface area is 103 Å². The Hall–Kier alpha value is -1.80. The van der Waals surface area contributed by atoms with Gasteiger partial charge in [-0.3, -0.25) is 4.79 Å². The number of rotatable bonds is 2. The van der Waals surface area contributed by atoms with Gasteiger partial charge in [-0.15, -0.1) is 23.7 Å². The van der Waals surface area contributed by atoms with E-state index < -0.39 is 0 Å². The molecule has 4 nitrogen and oxygen atoms in total. The number of anilines is 1. The Morgan fingerprint density at radius 1 is 1.71 bits per heavy atom. The summed E-state index contributed by atoms with van der Waals surface area (Å²) in [6.07, 6.45) is 5.69. The number of esters is 1. The summed E-state index contributed by atoms with van der Waals surface area (Å²) in [5.74, 6) is 2.16. The summed E-state index contributed by atoms with van der Waals surface area (Å²) in [4.78, 5) is 25.1. The lowest BCUT2D eigenvalue weighted by molar-refractivity contribution is -0.117. The smallest absolute Gasteiger partial charge is 0.348 e. The van der Waals surface area contributed by atoms with E-state index in [1.807, 2.05) is 0 Å². The first-order valence-electron chi connectivity index (χ1n) is 5.09. The van der Waals surface area contributed by atoms with Crippen LogP contribution in [0.25, 0.3) is 0 Å². The lowest BCUT2D eigenvalue weighted by Gasteiger charge is -2.12. The third kappa shape index (κ3) is 2.17.